The molecule has 2 N–H and O–H groups in total. The van der Waals surface area contributed by atoms with Crippen LogP contribution in [0.25, 0.3) is 0 Å². The Hall–Kier alpha value is -2.24. The average molecular weight is 361 g/mol. The highest BCUT2D eigenvalue weighted by molar-refractivity contribution is 5.80. The third kappa shape index (κ3) is 6.58. The lowest BCUT2D eigenvalue weighted by atomic mass is 9.97. The number of carbonyl (C=O) groups is 2. The van der Waals surface area contributed by atoms with Gasteiger partial charge in [0.05, 0.1) is 0 Å². The largest absolute Gasteiger partial charge is 0.481 e. The van der Waals surface area contributed by atoms with E-state index in [1.807, 2.05) is 56.0 Å². The van der Waals surface area contributed by atoms with Gasteiger partial charge in [-0.15, -0.1) is 0 Å². The maximum Gasteiger partial charge on any atom is 0.317 e. The molecule has 0 saturated carbocycles. The van der Waals surface area contributed by atoms with E-state index in [0.29, 0.717) is 18.2 Å². The number of likely N-dealkylation sites (tertiary alicyclic amines) is 1. The molecule has 1 fully saturated rings. The maximum absolute atomic E-state index is 12.2. The molecule has 6 nitrogen and oxygen atoms in total. The first-order valence-electron chi connectivity index (χ1n) is 9.31. The highest BCUT2D eigenvalue weighted by atomic mass is 16.5. The fraction of sp³-hybridized carbons (Fsp3) is 0.600. The van der Waals surface area contributed by atoms with Crippen LogP contribution in [0.4, 0.5) is 4.79 Å². The number of urea groups is 1. The van der Waals surface area contributed by atoms with Gasteiger partial charge in [-0.25, -0.2) is 4.79 Å². The summed E-state index contributed by atoms with van der Waals surface area (Å²) in [5.74, 6) is 0.969. The second kappa shape index (κ2) is 8.92. The summed E-state index contributed by atoms with van der Waals surface area (Å²) in [5, 5.41) is 5.96. The van der Waals surface area contributed by atoms with E-state index in [0.717, 1.165) is 25.9 Å². The van der Waals surface area contributed by atoms with Crippen molar-refractivity contribution in [3.63, 3.8) is 0 Å². The van der Waals surface area contributed by atoms with Crippen molar-refractivity contribution in [3.8, 4) is 5.75 Å². The smallest absolute Gasteiger partial charge is 0.317 e. The van der Waals surface area contributed by atoms with Gasteiger partial charge < -0.3 is 20.3 Å². The highest BCUT2D eigenvalue weighted by Gasteiger charge is 2.26. The molecule has 0 radical (unpaired) electrons. The molecular weight excluding hydrogens is 330 g/mol. The number of benzene rings is 1. The Bertz CT molecular complexity index is 590. The van der Waals surface area contributed by atoms with Crippen LogP contribution in [0.15, 0.2) is 30.3 Å². The SMILES string of the molecule is C[C@H](Oc1ccccc1)C(=O)NCC1CCN(C(=O)NC(C)(C)C)CC1. The molecule has 0 aliphatic carbocycles. The fourth-order valence-corrected chi connectivity index (χ4v) is 2.89. The molecule has 0 spiro atoms. The van der Waals surface area contributed by atoms with Gasteiger partial charge in [0, 0.05) is 25.2 Å². The molecule has 0 bridgehead atoms. The lowest BCUT2D eigenvalue weighted by Crippen LogP contribution is -2.51. The predicted molar refractivity (Wildman–Crippen MR) is 102 cm³/mol. The zero-order valence-corrected chi connectivity index (χ0v) is 16.2. The van der Waals surface area contributed by atoms with Gasteiger partial charge in [-0.3, -0.25) is 4.79 Å². The van der Waals surface area contributed by atoms with Crippen LogP contribution in [-0.4, -0.2) is 48.1 Å². The molecular formula is C20H31N3O3. The highest BCUT2D eigenvalue weighted by Crippen LogP contribution is 2.17. The summed E-state index contributed by atoms with van der Waals surface area (Å²) in [5.41, 5.74) is -0.225. The van der Waals surface area contributed by atoms with Crippen molar-refractivity contribution in [1.82, 2.24) is 15.5 Å². The maximum atomic E-state index is 12.2. The van der Waals surface area contributed by atoms with Crippen LogP contribution in [-0.2, 0) is 4.79 Å². The van der Waals surface area contributed by atoms with Crippen LogP contribution in [0.3, 0.4) is 0 Å². The van der Waals surface area contributed by atoms with Crippen LogP contribution in [0.1, 0.15) is 40.5 Å². The number of para-hydroxylation sites is 1. The summed E-state index contributed by atoms with van der Waals surface area (Å²) >= 11 is 0. The topological polar surface area (TPSA) is 70.7 Å². The number of rotatable bonds is 5. The molecule has 3 amide bonds. The standard InChI is InChI=1S/C20H31N3O3/c1-15(26-17-8-6-5-7-9-17)18(24)21-14-16-10-12-23(13-11-16)19(25)22-20(2,3)4/h5-9,15-16H,10-14H2,1-4H3,(H,21,24)(H,22,25)/t15-/m0/s1. The monoisotopic (exact) mass is 361 g/mol. The Kier molecular flexibility index (Phi) is 6.89. The Labute approximate surface area is 156 Å². The van der Waals surface area contributed by atoms with Gasteiger partial charge in [0.1, 0.15) is 5.75 Å². The summed E-state index contributed by atoms with van der Waals surface area (Å²) in [6.07, 6.45) is 1.26. The molecule has 1 aliphatic heterocycles. The van der Waals surface area contributed by atoms with Gasteiger partial charge in [0.25, 0.3) is 5.91 Å². The lowest BCUT2D eigenvalue weighted by Gasteiger charge is -2.34. The molecule has 1 atom stereocenters. The Morgan fingerprint density at radius 1 is 1.19 bits per heavy atom. The third-order valence-corrected chi connectivity index (χ3v) is 4.37. The Balaban J connectivity index is 1.69. The first-order chi connectivity index (χ1) is 12.2. The van der Waals surface area contributed by atoms with Crippen LogP contribution < -0.4 is 15.4 Å². The van der Waals surface area contributed by atoms with Gasteiger partial charge in [-0.1, -0.05) is 18.2 Å². The molecule has 6 heteroatoms. The molecule has 2 rings (SSSR count). The summed E-state index contributed by atoms with van der Waals surface area (Å²) in [7, 11) is 0. The van der Waals surface area contributed by atoms with E-state index in [2.05, 4.69) is 10.6 Å². The van der Waals surface area contributed by atoms with Gasteiger partial charge in [-0.2, -0.15) is 0 Å². The van der Waals surface area contributed by atoms with Crippen molar-refractivity contribution in [3.05, 3.63) is 30.3 Å². The summed E-state index contributed by atoms with van der Waals surface area (Å²) < 4.78 is 5.64. The van der Waals surface area contributed by atoms with Crippen LogP contribution in [0.5, 0.6) is 5.75 Å². The van der Waals surface area contributed by atoms with E-state index in [9.17, 15) is 9.59 Å². The average Bonchev–Trinajstić information content (AvgIpc) is 2.59. The zero-order chi connectivity index (χ0) is 19.2. The third-order valence-electron chi connectivity index (χ3n) is 4.37. The number of nitrogens with zero attached hydrogens (tertiary/aromatic N) is 1. The molecule has 1 aliphatic rings. The molecule has 1 saturated heterocycles. The minimum atomic E-state index is -0.532. The number of nitrogens with one attached hydrogen (secondary N) is 2. The Morgan fingerprint density at radius 3 is 2.38 bits per heavy atom. The molecule has 1 heterocycles. The Morgan fingerprint density at radius 2 is 1.81 bits per heavy atom. The minimum Gasteiger partial charge on any atom is -0.481 e. The van der Waals surface area contributed by atoms with Crippen molar-refractivity contribution < 1.29 is 14.3 Å². The van der Waals surface area contributed by atoms with Gasteiger partial charge in [0.15, 0.2) is 6.10 Å². The lowest BCUT2D eigenvalue weighted by molar-refractivity contribution is -0.127. The van der Waals surface area contributed by atoms with E-state index >= 15 is 0 Å². The van der Waals surface area contributed by atoms with Crippen LogP contribution in [0.2, 0.25) is 0 Å². The van der Waals surface area contributed by atoms with Gasteiger partial charge in [-0.05, 0) is 58.6 Å². The molecule has 0 aromatic heterocycles. The number of ether oxygens (including phenoxy) is 1. The molecule has 1 aromatic rings. The van der Waals surface area contributed by atoms with Crippen molar-refractivity contribution in [1.29, 1.82) is 0 Å². The first kappa shape index (κ1) is 20.1. The van der Waals surface area contributed by atoms with Crippen LogP contribution >= 0.6 is 0 Å². The second-order valence-corrected chi connectivity index (χ2v) is 7.93. The number of amides is 3. The van der Waals surface area contributed by atoms with Crippen molar-refractivity contribution >= 4 is 11.9 Å². The molecule has 0 unspecified atom stereocenters. The van der Waals surface area contributed by atoms with Crippen molar-refractivity contribution in [2.45, 2.75) is 52.2 Å². The number of piperidine rings is 1. The normalized spacial score (nSPS) is 16.7. The quantitative estimate of drug-likeness (QED) is 0.847. The summed E-state index contributed by atoms with van der Waals surface area (Å²) in [6, 6.07) is 9.33. The molecule has 144 valence electrons. The second-order valence-electron chi connectivity index (χ2n) is 7.93. The fourth-order valence-electron chi connectivity index (χ4n) is 2.89. The van der Waals surface area contributed by atoms with Gasteiger partial charge in [0.2, 0.25) is 0 Å². The van der Waals surface area contributed by atoms with E-state index in [4.69, 9.17) is 4.74 Å². The van der Waals surface area contributed by atoms with E-state index in [-0.39, 0.29) is 17.5 Å². The summed E-state index contributed by atoms with van der Waals surface area (Å²) in [6.45, 7) is 9.75. The number of hydrogen-bond acceptors (Lipinski definition) is 3. The van der Waals surface area contributed by atoms with Gasteiger partial charge >= 0.3 is 6.03 Å². The van der Waals surface area contributed by atoms with Crippen LogP contribution in [0, 0.1) is 5.92 Å². The number of hydrogen-bond donors (Lipinski definition) is 2. The van der Waals surface area contributed by atoms with E-state index < -0.39 is 6.10 Å². The van der Waals surface area contributed by atoms with Crippen molar-refractivity contribution in [2.24, 2.45) is 5.92 Å². The predicted octanol–water partition coefficient (Wildman–Crippen LogP) is 2.79. The zero-order valence-electron chi connectivity index (χ0n) is 16.2. The minimum absolute atomic E-state index is 0.00938. The van der Waals surface area contributed by atoms with Crippen molar-refractivity contribution in [2.75, 3.05) is 19.6 Å². The van der Waals surface area contributed by atoms with E-state index in [1.54, 1.807) is 6.92 Å². The molecule has 1 aromatic carbocycles. The molecule has 26 heavy (non-hydrogen) atoms. The number of carbonyl (C=O) groups excluding carboxylic acids is 2. The summed E-state index contributed by atoms with van der Waals surface area (Å²) in [4.78, 5) is 26.2. The first-order valence-corrected chi connectivity index (χ1v) is 9.31. The van der Waals surface area contributed by atoms with E-state index in [1.165, 1.54) is 0 Å².